The number of rotatable bonds is 5. The van der Waals surface area contributed by atoms with E-state index in [0.29, 0.717) is 6.42 Å². The molecule has 2 aliphatic rings. The van der Waals surface area contributed by atoms with Gasteiger partial charge in [0.2, 0.25) is 5.91 Å². The summed E-state index contributed by atoms with van der Waals surface area (Å²) in [6.07, 6.45) is 6.55. The molecule has 2 fully saturated rings. The number of nitrogens with one attached hydrogen (secondary N) is 1. The third kappa shape index (κ3) is 6.33. The number of carbonyl (C=O) groups excluding carboxylic acids is 1. The SMILES string of the molecule is Cl.Cl.O=C(Cc1ccc(CC2CCNC2)cc1)N1CCN(c2ccncc2)CC1. The predicted octanol–water partition coefficient (Wildman–Crippen LogP) is 2.97. The van der Waals surface area contributed by atoms with Crippen LogP contribution in [0, 0.1) is 5.92 Å². The lowest BCUT2D eigenvalue weighted by Crippen LogP contribution is -2.49. The van der Waals surface area contributed by atoms with Gasteiger partial charge in [-0.15, -0.1) is 24.8 Å². The highest BCUT2D eigenvalue weighted by atomic mass is 35.5. The first-order chi connectivity index (χ1) is 13.3. The van der Waals surface area contributed by atoms with Crippen LogP contribution < -0.4 is 10.2 Å². The number of halogens is 2. The lowest BCUT2D eigenvalue weighted by Gasteiger charge is -2.36. The van der Waals surface area contributed by atoms with E-state index < -0.39 is 0 Å². The van der Waals surface area contributed by atoms with Crippen molar-refractivity contribution in [2.24, 2.45) is 5.92 Å². The Labute approximate surface area is 185 Å². The second-order valence-electron chi connectivity index (χ2n) is 7.63. The number of hydrogen-bond donors (Lipinski definition) is 1. The van der Waals surface area contributed by atoms with Crippen LogP contribution >= 0.6 is 24.8 Å². The van der Waals surface area contributed by atoms with Crippen molar-refractivity contribution in [3.05, 3.63) is 59.9 Å². The molecule has 0 saturated carbocycles. The molecule has 2 aliphatic heterocycles. The van der Waals surface area contributed by atoms with E-state index in [9.17, 15) is 4.79 Å². The summed E-state index contributed by atoms with van der Waals surface area (Å²) >= 11 is 0. The van der Waals surface area contributed by atoms with Crippen molar-refractivity contribution >= 4 is 36.4 Å². The van der Waals surface area contributed by atoms with Crippen LogP contribution in [0.2, 0.25) is 0 Å². The number of piperazine rings is 1. The molecule has 158 valence electrons. The molecule has 29 heavy (non-hydrogen) atoms. The molecule has 5 nitrogen and oxygen atoms in total. The van der Waals surface area contributed by atoms with Crippen LogP contribution in [0.3, 0.4) is 0 Å². The van der Waals surface area contributed by atoms with Gasteiger partial charge in [0, 0.05) is 44.3 Å². The molecule has 0 aliphatic carbocycles. The standard InChI is InChI=1S/C22H28N4O.2ClH/c27-22(26-13-11-25(12-14-26)21-6-9-23-10-7-21)16-19-3-1-18(2-4-19)15-20-5-8-24-17-20;;/h1-4,6-7,9-10,20,24H,5,8,11-17H2;2*1H. The minimum Gasteiger partial charge on any atom is -0.368 e. The Hall–Kier alpha value is -1.82. The highest BCUT2D eigenvalue weighted by Gasteiger charge is 2.21. The quantitative estimate of drug-likeness (QED) is 0.782. The summed E-state index contributed by atoms with van der Waals surface area (Å²) in [6.45, 7) is 5.60. The molecule has 2 aromatic rings. The summed E-state index contributed by atoms with van der Waals surface area (Å²) in [4.78, 5) is 21.0. The molecule has 1 atom stereocenters. The average Bonchev–Trinajstić information content (AvgIpc) is 3.23. The van der Waals surface area contributed by atoms with Gasteiger partial charge >= 0.3 is 0 Å². The largest absolute Gasteiger partial charge is 0.368 e. The normalized spacial score (nSPS) is 18.7. The molecule has 1 unspecified atom stereocenters. The Kier molecular flexibility index (Phi) is 9.21. The van der Waals surface area contributed by atoms with E-state index in [1.165, 1.54) is 17.7 Å². The number of benzene rings is 1. The maximum Gasteiger partial charge on any atom is 0.227 e. The van der Waals surface area contributed by atoms with Crippen LogP contribution in [0.1, 0.15) is 17.5 Å². The van der Waals surface area contributed by atoms with Gasteiger partial charge < -0.3 is 15.1 Å². The maximum atomic E-state index is 12.7. The highest BCUT2D eigenvalue weighted by molar-refractivity contribution is 5.85. The first kappa shape index (κ1) is 23.5. The summed E-state index contributed by atoms with van der Waals surface area (Å²) < 4.78 is 0. The number of pyridine rings is 1. The molecular formula is C22H30Cl2N4O. The number of aromatic nitrogens is 1. The Balaban J connectivity index is 0.00000150. The monoisotopic (exact) mass is 436 g/mol. The number of carbonyl (C=O) groups is 1. The summed E-state index contributed by atoms with van der Waals surface area (Å²) in [5, 5.41) is 3.42. The van der Waals surface area contributed by atoms with Crippen LogP contribution in [0.4, 0.5) is 5.69 Å². The van der Waals surface area contributed by atoms with Crippen molar-refractivity contribution < 1.29 is 4.79 Å². The fourth-order valence-corrected chi connectivity index (χ4v) is 4.07. The molecule has 3 heterocycles. The van der Waals surface area contributed by atoms with E-state index in [-0.39, 0.29) is 30.7 Å². The minimum atomic E-state index is 0. The second kappa shape index (κ2) is 11.4. The zero-order valence-corrected chi connectivity index (χ0v) is 18.3. The molecular weight excluding hydrogens is 407 g/mol. The van der Waals surface area contributed by atoms with Crippen LogP contribution in [-0.2, 0) is 17.6 Å². The fourth-order valence-electron chi connectivity index (χ4n) is 4.07. The van der Waals surface area contributed by atoms with Crippen molar-refractivity contribution in [1.82, 2.24) is 15.2 Å². The molecule has 2 saturated heterocycles. The fraction of sp³-hybridized carbons (Fsp3) is 0.455. The Morgan fingerprint density at radius 1 is 0.966 bits per heavy atom. The predicted molar refractivity (Wildman–Crippen MR) is 122 cm³/mol. The van der Waals surface area contributed by atoms with E-state index in [2.05, 4.69) is 39.5 Å². The smallest absolute Gasteiger partial charge is 0.227 e. The second-order valence-corrected chi connectivity index (χ2v) is 7.63. The zero-order valence-electron chi connectivity index (χ0n) is 16.6. The van der Waals surface area contributed by atoms with Gasteiger partial charge in [-0.05, 0) is 55.1 Å². The average molecular weight is 437 g/mol. The van der Waals surface area contributed by atoms with Gasteiger partial charge in [0.15, 0.2) is 0 Å². The molecule has 0 spiro atoms. The Morgan fingerprint density at radius 2 is 1.62 bits per heavy atom. The highest BCUT2D eigenvalue weighted by Crippen LogP contribution is 2.17. The molecule has 1 aromatic carbocycles. The first-order valence-corrected chi connectivity index (χ1v) is 9.99. The zero-order chi connectivity index (χ0) is 18.5. The molecule has 1 aromatic heterocycles. The minimum absolute atomic E-state index is 0. The lowest BCUT2D eigenvalue weighted by molar-refractivity contribution is -0.130. The molecule has 7 heteroatoms. The van der Waals surface area contributed by atoms with Crippen LogP contribution in [0.25, 0.3) is 0 Å². The number of amides is 1. The van der Waals surface area contributed by atoms with Crippen molar-refractivity contribution in [2.75, 3.05) is 44.2 Å². The van der Waals surface area contributed by atoms with Gasteiger partial charge in [-0.3, -0.25) is 9.78 Å². The first-order valence-electron chi connectivity index (χ1n) is 9.99. The van der Waals surface area contributed by atoms with Crippen LogP contribution in [0.5, 0.6) is 0 Å². The summed E-state index contributed by atoms with van der Waals surface area (Å²) in [7, 11) is 0. The molecule has 1 N–H and O–H groups in total. The van der Waals surface area contributed by atoms with Crippen molar-refractivity contribution in [3.63, 3.8) is 0 Å². The van der Waals surface area contributed by atoms with E-state index in [4.69, 9.17) is 0 Å². The maximum absolute atomic E-state index is 12.7. The van der Waals surface area contributed by atoms with E-state index in [0.717, 1.165) is 57.2 Å². The number of nitrogens with zero attached hydrogens (tertiary/aromatic N) is 3. The Bertz CT molecular complexity index is 743. The molecule has 0 radical (unpaired) electrons. The summed E-state index contributed by atoms with van der Waals surface area (Å²) in [6, 6.07) is 12.7. The third-order valence-electron chi connectivity index (χ3n) is 5.73. The van der Waals surface area contributed by atoms with E-state index in [1.54, 1.807) is 0 Å². The van der Waals surface area contributed by atoms with Crippen molar-refractivity contribution in [3.8, 4) is 0 Å². The molecule has 4 rings (SSSR count). The van der Waals surface area contributed by atoms with Crippen LogP contribution in [-0.4, -0.2) is 55.1 Å². The van der Waals surface area contributed by atoms with E-state index in [1.807, 2.05) is 29.4 Å². The topological polar surface area (TPSA) is 48.5 Å². The lowest BCUT2D eigenvalue weighted by atomic mass is 9.97. The molecule has 0 bridgehead atoms. The Morgan fingerprint density at radius 3 is 2.24 bits per heavy atom. The van der Waals surface area contributed by atoms with Crippen LogP contribution in [0.15, 0.2) is 48.8 Å². The van der Waals surface area contributed by atoms with Gasteiger partial charge in [-0.1, -0.05) is 24.3 Å². The van der Waals surface area contributed by atoms with Gasteiger partial charge in [-0.2, -0.15) is 0 Å². The van der Waals surface area contributed by atoms with Crippen molar-refractivity contribution in [2.45, 2.75) is 19.3 Å². The van der Waals surface area contributed by atoms with Crippen molar-refractivity contribution in [1.29, 1.82) is 0 Å². The summed E-state index contributed by atoms with van der Waals surface area (Å²) in [5.74, 6) is 0.992. The molecule has 1 amide bonds. The number of hydrogen-bond acceptors (Lipinski definition) is 4. The van der Waals surface area contributed by atoms with Gasteiger partial charge in [0.1, 0.15) is 0 Å². The van der Waals surface area contributed by atoms with Gasteiger partial charge in [0.25, 0.3) is 0 Å². The number of anilines is 1. The van der Waals surface area contributed by atoms with Gasteiger partial charge in [0.05, 0.1) is 6.42 Å². The summed E-state index contributed by atoms with van der Waals surface area (Å²) in [5.41, 5.74) is 3.68. The van der Waals surface area contributed by atoms with Gasteiger partial charge in [-0.25, -0.2) is 0 Å². The third-order valence-corrected chi connectivity index (χ3v) is 5.73. The van der Waals surface area contributed by atoms with E-state index >= 15 is 0 Å².